The first-order valence-electron chi connectivity index (χ1n) is 5.85. The van der Waals surface area contributed by atoms with E-state index in [1.165, 1.54) is 6.20 Å². The van der Waals surface area contributed by atoms with Crippen molar-refractivity contribution in [3.63, 3.8) is 0 Å². The predicted molar refractivity (Wildman–Crippen MR) is 64.4 cm³/mol. The maximum Gasteiger partial charge on any atom is 0.272 e. The molecule has 0 radical (unpaired) electrons. The van der Waals surface area contributed by atoms with Gasteiger partial charge in [0.15, 0.2) is 0 Å². The maximum atomic E-state index is 12.2. The number of nitrogen functional groups attached to an aromatic ring is 1. The number of hydrogen-bond acceptors (Lipinski definition) is 4. The Morgan fingerprint density at radius 1 is 1.59 bits per heavy atom. The molecule has 0 aliphatic heterocycles. The van der Waals surface area contributed by atoms with Crippen molar-refractivity contribution in [3.8, 4) is 0 Å². The van der Waals surface area contributed by atoms with Gasteiger partial charge in [0.2, 0.25) is 0 Å². The van der Waals surface area contributed by atoms with Crippen LogP contribution in [0.15, 0.2) is 18.3 Å². The van der Waals surface area contributed by atoms with E-state index in [0.29, 0.717) is 17.9 Å². The fourth-order valence-electron chi connectivity index (χ4n) is 1.97. The summed E-state index contributed by atoms with van der Waals surface area (Å²) in [6, 6.07) is 3.47. The van der Waals surface area contributed by atoms with Gasteiger partial charge in [-0.15, -0.1) is 0 Å². The van der Waals surface area contributed by atoms with Crippen molar-refractivity contribution in [3.05, 3.63) is 24.0 Å². The second-order valence-electron chi connectivity index (χ2n) is 4.28. The van der Waals surface area contributed by atoms with Crippen LogP contribution in [0, 0.1) is 0 Å². The third kappa shape index (κ3) is 2.55. The lowest BCUT2D eigenvalue weighted by molar-refractivity contribution is 0.0520. The predicted octanol–water partition coefficient (Wildman–Crippen LogP) is 0.651. The van der Waals surface area contributed by atoms with Gasteiger partial charge < -0.3 is 15.7 Å². The minimum atomic E-state index is -0.143. The van der Waals surface area contributed by atoms with Gasteiger partial charge in [-0.25, -0.2) is 0 Å². The van der Waals surface area contributed by atoms with Crippen molar-refractivity contribution in [2.45, 2.75) is 25.3 Å². The molecule has 1 saturated carbocycles. The summed E-state index contributed by atoms with van der Waals surface area (Å²) in [7, 11) is 0. The van der Waals surface area contributed by atoms with Crippen LogP contribution in [-0.4, -0.2) is 40.1 Å². The summed E-state index contributed by atoms with van der Waals surface area (Å²) in [6.07, 6.45) is 4.69. The number of carbonyl (C=O) groups excluding carboxylic acids is 1. The topological polar surface area (TPSA) is 79.5 Å². The van der Waals surface area contributed by atoms with Gasteiger partial charge in [0.05, 0.1) is 6.61 Å². The Balaban J connectivity index is 2.15. The molecule has 1 amide bonds. The highest BCUT2D eigenvalue weighted by Crippen LogP contribution is 2.25. The van der Waals surface area contributed by atoms with Crippen LogP contribution < -0.4 is 5.73 Å². The highest BCUT2D eigenvalue weighted by molar-refractivity contribution is 5.93. The molecule has 5 heteroatoms. The number of hydrogen-bond donors (Lipinski definition) is 2. The number of aromatic nitrogens is 1. The molecule has 2 rings (SSSR count). The Bertz CT molecular complexity index is 404. The van der Waals surface area contributed by atoms with E-state index >= 15 is 0 Å². The number of amides is 1. The molecule has 17 heavy (non-hydrogen) atoms. The zero-order valence-electron chi connectivity index (χ0n) is 9.67. The lowest BCUT2D eigenvalue weighted by atomic mass is 9.91. The van der Waals surface area contributed by atoms with E-state index in [4.69, 9.17) is 10.8 Å². The lowest BCUT2D eigenvalue weighted by Gasteiger charge is -2.37. The van der Waals surface area contributed by atoms with E-state index in [0.717, 1.165) is 19.3 Å². The van der Waals surface area contributed by atoms with Gasteiger partial charge in [0, 0.05) is 24.5 Å². The van der Waals surface area contributed by atoms with Gasteiger partial charge in [-0.3, -0.25) is 9.78 Å². The third-order valence-electron chi connectivity index (χ3n) is 3.12. The molecule has 0 bridgehead atoms. The second-order valence-corrected chi connectivity index (χ2v) is 4.28. The van der Waals surface area contributed by atoms with Crippen LogP contribution >= 0.6 is 0 Å². The molecule has 0 aromatic carbocycles. The van der Waals surface area contributed by atoms with Crippen molar-refractivity contribution in [1.29, 1.82) is 0 Å². The van der Waals surface area contributed by atoms with E-state index in [1.54, 1.807) is 17.0 Å². The summed E-state index contributed by atoms with van der Waals surface area (Å²) in [5.41, 5.74) is 6.51. The average Bonchev–Trinajstić information content (AvgIpc) is 2.25. The van der Waals surface area contributed by atoms with Crippen LogP contribution in [0.4, 0.5) is 5.69 Å². The Morgan fingerprint density at radius 2 is 2.35 bits per heavy atom. The highest BCUT2D eigenvalue weighted by Gasteiger charge is 2.29. The number of rotatable bonds is 4. The fraction of sp³-hybridized carbons (Fsp3) is 0.500. The molecule has 0 saturated heterocycles. The van der Waals surface area contributed by atoms with Crippen LogP contribution in [0.3, 0.4) is 0 Å². The average molecular weight is 235 g/mol. The zero-order chi connectivity index (χ0) is 12.3. The molecule has 1 aromatic rings. The molecule has 92 valence electrons. The zero-order valence-corrected chi connectivity index (χ0v) is 9.67. The van der Waals surface area contributed by atoms with Crippen LogP contribution in [0.1, 0.15) is 29.8 Å². The Labute approximate surface area is 100 Å². The minimum absolute atomic E-state index is 0.0233. The normalized spacial score (nSPS) is 15.4. The molecule has 1 aromatic heterocycles. The summed E-state index contributed by atoms with van der Waals surface area (Å²) >= 11 is 0. The van der Waals surface area contributed by atoms with Crippen LogP contribution in [0.25, 0.3) is 0 Å². The lowest BCUT2D eigenvalue weighted by Crippen LogP contribution is -2.45. The standard InChI is InChI=1S/C12H17N3O2/c13-9-4-5-14-11(8-9)12(17)15(6-7-16)10-2-1-3-10/h4-5,8,10,16H,1-3,6-7H2,(H2,13,14). The highest BCUT2D eigenvalue weighted by atomic mass is 16.3. The Morgan fingerprint density at radius 3 is 2.88 bits per heavy atom. The fourth-order valence-corrected chi connectivity index (χ4v) is 1.97. The van der Waals surface area contributed by atoms with Gasteiger partial charge in [-0.2, -0.15) is 0 Å². The van der Waals surface area contributed by atoms with Crippen molar-refractivity contribution in [1.82, 2.24) is 9.88 Å². The summed E-state index contributed by atoms with van der Waals surface area (Å²) < 4.78 is 0. The van der Waals surface area contributed by atoms with Crippen molar-refractivity contribution in [2.75, 3.05) is 18.9 Å². The first-order valence-corrected chi connectivity index (χ1v) is 5.85. The summed E-state index contributed by atoms with van der Waals surface area (Å²) in [5, 5.41) is 9.02. The van der Waals surface area contributed by atoms with Crippen LogP contribution in [0.5, 0.6) is 0 Å². The second kappa shape index (κ2) is 5.14. The van der Waals surface area contributed by atoms with Crippen LogP contribution in [-0.2, 0) is 0 Å². The Hall–Kier alpha value is -1.62. The number of aliphatic hydroxyl groups is 1. The quantitative estimate of drug-likeness (QED) is 0.803. The molecular weight excluding hydrogens is 218 g/mol. The Kier molecular flexibility index (Phi) is 3.58. The maximum absolute atomic E-state index is 12.2. The van der Waals surface area contributed by atoms with Gasteiger partial charge >= 0.3 is 0 Å². The number of anilines is 1. The van der Waals surface area contributed by atoms with E-state index in [-0.39, 0.29) is 18.6 Å². The molecular formula is C12H17N3O2. The number of nitrogens with zero attached hydrogens (tertiary/aromatic N) is 2. The summed E-state index contributed by atoms with van der Waals surface area (Å²) in [5.74, 6) is -0.143. The number of nitrogens with two attached hydrogens (primary N) is 1. The number of aliphatic hydroxyl groups excluding tert-OH is 1. The smallest absolute Gasteiger partial charge is 0.272 e. The molecule has 0 atom stereocenters. The monoisotopic (exact) mass is 235 g/mol. The van der Waals surface area contributed by atoms with Gasteiger partial charge in [0.25, 0.3) is 5.91 Å². The summed E-state index contributed by atoms with van der Waals surface area (Å²) in [4.78, 5) is 17.9. The largest absolute Gasteiger partial charge is 0.399 e. The third-order valence-corrected chi connectivity index (χ3v) is 3.12. The molecule has 1 aliphatic rings. The van der Waals surface area contributed by atoms with Crippen molar-refractivity contribution < 1.29 is 9.90 Å². The van der Waals surface area contributed by atoms with E-state index < -0.39 is 0 Å². The first kappa shape index (κ1) is 11.9. The van der Waals surface area contributed by atoms with E-state index in [9.17, 15) is 4.79 Å². The van der Waals surface area contributed by atoms with Crippen molar-refractivity contribution >= 4 is 11.6 Å². The van der Waals surface area contributed by atoms with Crippen LogP contribution in [0.2, 0.25) is 0 Å². The number of carbonyl (C=O) groups is 1. The molecule has 5 nitrogen and oxygen atoms in total. The van der Waals surface area contributed by atoms with E-state index in [2.05, 4.69) is 4.98 Å². The molecule has 0 spiro atoms. The van der Waals surface area contributed by atoms with E-state index in [1.807, 2.05) is 0 Å². The minimum Gasteiger partial charge on any atom is -0.399 e. The first-order chi connectivity index (χ1) is 8.22. The van der Waals surface area contributed by atoms with Gasteiger partial charge in [-0.05, 0) is 31.4 Å². The molecule has 1 heterocycles. The molecule has 1 fully saturated rings. The molecule has 1 aliphatic carbocycles. The molecule has 3 N–H and O–H groups in total. The SMILES string of the molecule is Nc1ccnc(C(=O)N(CCO)C2CCC2)c1. The number of pyridine rings is 1. The van der Waals surface area contributed by atoms with Crippen molar-refractivity contribution in [2.24, 2.45) is 0 Å². The summed E-state index contributed by atoms with van der Waals surface area (Å²) in [6.45, 7) is 0.338. The van der Waals surface area contributed by atoms with Gasteiger partial charge in [-0.1, -0.05) is 0 Å². The molecule has 0 unspecified atom stereocenters. The van der Waals surface area contributed by atoms with Gasteiger partial charge in [0.1, 0.15) is 5.69 Å².